The minimum atomic E-state index is -0.251. The van der Waals surface area contributed by atoms with Gasteiger partial charge in [0, 0.05) is 32.9 Å². The monoisotopic (exact) mass is 443 g/mol. The van der Waals surface area contributed by atoms with E-state index in [9.17, 15) is 0 Å². The fourth-order valence-corrected chi connectivity index (χ4v) is 5.57. The molecule has 0 aliphatic carbocycles. The first kappa shape index (κ1) is 21.1. The van der Waals surface area contributed by atoms with E-state index in [0.29, 0.717) is 0 Å². The van der Waals surface area contributed by atoms with Crippen LogP contribution < -0.4 is 9.47 Å². The van der Waals surface area contributed by atoms with Crippen LogP contribution in [0.5, 0.6) is 11.5 Å². The predicted octanol–water partition coefficient (Wildman–Crippen LogP) is 6.73. The number of ether oxygens (including phenoxy) is 2. The fourth-order valence-electron chi connectivity index (χ4n) is 4.74. The van der Waals surface area contributed by atoms with Gasteiger partial charge in [-0.15, -0.1) is 0 Å². The summed E-state index contributed by atoms with van der Waals surface area (Å²) in [5.41, 5.74) is 5.53. The molecule has 0 fully saturated rings. The summed E-state index contributed by atoms with van der Waals surface area (Å²) in [6, 6.07) is 21.4. The van der Waals surface area contributed by atoms with Crippen molar-refractivity contribution in [2.24, 2.45) is 4.99 Å². The van der Waals surface area contributed by atoms with Crippen molar-refractivity contribution in [3.05, 3.63) is 82.9 Å². The van der Waals surface area contributed by atoms with Crippen LogP contribution in [0.2, 0.25) is 0 Å². The van der Waals surface area contributed by atoms with Gasteiger partial charge in [0.1, 0.15) is 5.60 Å². The Kier molecular flexibility index (Phi) is 5.09. The summed E-state index contributed by atoms with van der Waals surface area (Å²) in [7, 11) is 1.72. The molecule has 0 saturated carbocycles. The van der Waals surface area contributed by atoms with Gasteiger partial charge in [-0.2, -0.15) is 0 Å². The zero-order valence-corrected chi connectivity index (χ0v) is 20.2. The van der Waals surface area contributed by atoms with Crippen molar-refractivity contribution in [1.29, 1.82) is 0 Å². The average molecular weight is 444 g/mol. The number of nitrogens with zero attached hydrogens (tertiary/aromatic N) is 1. The van der Waals surface area contributed by atoms with E-state index in [1.165, 1.54) is 26.5 Å². The molecule has 0 spiro atoms. The number of benzene rings is 3. The quantitative estimate of drug-likeness (QED) is 0.448. The van der Waals surface area contributed by atoms with Crippen molar-refractivity contribution in [2.75, 3.05) is 7.11 Å². The van der Waals surface area contributed by atoms with Crippen LogP contribution in [0, 0.1) is 0 Å². The van der Waals surface area contributed by atoms with Gasteiger partial charge < -0.3 is 9.47 Å². The lowest BCUT2D eigenvalue weighted by Crippen LogP contribution is -2.30. The van der Waals surface area contributed by atoms with Crippen molar-refractivity contribution >= 4 is 17.5 Å². The molecule has 3 aromatic carbocycles. The van der Waals surface area contributed by atoms with E-state index in [1.54, 1.807) is 18.9 Å². The van der Waals surface area contributed by atoms with Crippen LogP contribution in [0.25, 0.3) is 0 Å². The van der Waals surface area contributed by atoms with Crippen LogP contribution in [-0.4, -0.2) is 24.0 Å². The largest absolute Gasteiger partial charge is 0.493 e. The lowest BCUT2D eigenvalue weighted by Gasteiger charge is -2.31. The Hall–Kier alpha value is -2.72. The maximum atomic E-state index is 6.32. The van der Waals surface area contributed by atoms with Gasteiger partial charge in [0.05, 0.1) is 18.4 Å². The first-order chi connectivity index (χ1) is 15.2. The third-order valence-electron chi connectivity index (χ3n) is 6.01. The van der Waals surface area contributed by atoms with Crippen molar-refractivity contribution in [1.82, 2.24) is 0 Å². The molecule has 3 nitrogen and oxygen atoms in total. The molecule has 0 aromatic heterocycles. The number of rotatable bonds is 4. The van der Waals surface area contributed by atoms with E-state index >= 15 is 0 Å². The lowest BCUT2D eigenvalue weighted by atomic mass is 9.81. The molecule has 32 heavy (non-hydrogen) atoms. The van der Waals surface area contributed by atoms with Crippen molar-refractivity contribution < 1.29 is 9.47 Å². The topological polar surface area (TPSA) is 30.8 Å². The van der Waals surface area contributed by atoms with E-state index in [2.05, 4.69) is 82.3 Å². The summed E-state index contributed by atoms with van der Waals surface area (Å²) in [5, 5.41) is 0. The highest BCUT2D eigenvalue weighted by Crippen LogP contribution is 2.47. The second-order valence-electron chi connectivity index (χ2n) is 9.85. The molecule has 2 aliphatic rings. The van der Waals surface area contributed by atoms with Gasteiger partial charge in [0.15, 0.2) is 11.5 Å². The first-order valence-corrected chi connectivity index (χ1v) is 11.9. The number of aliphatic imine (C=N–C) groups is 1. The first-order valence-electron chi connectivity index (χ1n) is 11.1. The van der Waals surface area contributed by atoms with Gasteiger partial charge in [0.25, 0.3) is 0 Å². The Morgan fingerprint density at radius 2 is 1.59 bits per heavy atom. The normalized spacial score (nSPS) is 17.7. The van der Waals surface area contributed by atoms with Gasteiger partial charge in [-0.3, -0.25) is 4.99 Å². The summed E-state index contributed by atoms with van der Waals surface area (Å²) < 4.78 is 12.1. The molecule has 3 aromatic rings. The summed E-state index contributed by atoms with van der Waals surface area (Å²) in [5.74, 6) is 1.70. The average Bonchev–Trinajstić information content (AvgIpc) is 3.08. The van der Waals surface area contributed by atoms with E-state index < -0.39 is 0 Å². The van der Waals surface area contributed by atoms with E-state index in [4.69, 9.17) is 14.5 Å². The van der Waals surface area contributed by atoms with Crippen molar-refractivity contribution in [3.63, 3.8) is 0 Å². The van der Waals surface area contributed by atoms with Gasteiger partial charge in [-0.1, -0.05) is 42.1 Å². The summed E-state index contributed by atoms with van der Waals surface area (Å²) in [6.45, 7) is 8.68. The molecule has 0 atom stereocenters. The van der Waals surface area contributed by atoms with Crippen LogP contribution in [0.15, 0.2) is 75.4 Å². The minimum Gasteiger partial charge on any atom is -0.493 e. The second-order valence-corrected chi connectivity index (χ2v) is 11.0. The maximum Gasteiger partial charge on any atom is 0.166 e. The standard InChI is InChI=1S/C28H29NO2S/c1-27(2)16-19-15-23(30-5)26-22(17-28(3,4)31-26)24(19)25(29-27)18-11-13-21(14-12-18)32-20-9-7-6-8-10-20/h6-15H,16-17H2,1-5H3. The molecular weight excluding hydrogens is 414 g/mol. The summed E-state index contributed by atoms with van der Waals surface area (Å²) in [4.78, 5) is 7.70. The zero-order valence-electron chi connectivity index (χ0n) is 19.4. The molecule has 0 amide bonds. The molecule has 0 radical (unpaired) electrons. The Labute approximate surface area is 194 Å². The number of hydrogen-bond acceptors (Lipinski definition) is 4. The molecule has 5 rings (SSSR count). The van der Waals surface area contributed by atoms with Gasteiger partial charge in [0.2, 0.25) is 0 Å². The fraction of sp³-hybridized carbons (Fsp3) is 0.321. The van der Waals surface area contributed by atoms with E-state index in [1.807, 2.05) is 6.07 Å². The van der Waals surface area contributed by atoms with Gasteiger partial charge in [-0.05, 0) is 70.0 Å². The molecule has 2 aliphatic heterocycles. The highest BCUT2D eigenvalue weighted by atomic mass is 32.2. The van der Waals surface area contributed by atoms with Crippen LogP contribution in [0.4, 0.5) is 0 Å². The summed E-state index contributed by atoms with van der Waals surface area (Å²) in [6.07, 6.45) is 1.74. The van der Waals surface area contributed by atoms with Crippen LogP contribution in [0.1, 0.15) is 49.9 Å². The number of fused-ring (bicyclic) bond motifs is 3. The Bertz CT molecular complexity index is 1190. The Balaban J connectivity index is 1.58. The van der Waals surface area contributed by atoms with Crippen molar-refractivity contribution in [3.8, 4) is 11.5 Å². The van der Waals surface area contributed by atoms with Gasteiger partial charge >= 0.3 is 0 Å². The zero-order chi connectivity index (χ0) is 22.5. The third-order valence-corrected chi connectivity index (χ3v) is 7.02. The molecule has 2 heterocycles. The van der Waals surface area contributed by atoms with Crippen LogP contribution in [0.3, 0.4) is 0 Å². The molecule has 0 saturated heterocycles. The number of methoxy groups -OCH3 is 1. The SMILES string of the molecule is COc1cc2c(c3c1OC(C)(C)C3)C(c1ccc(Sc3ccccc3)cc1)=NC(C)(C)C2. The molecule has 0 bridgehead atoms. The van der Waals surface area contributed by atoms with Gasteiger partial charge in [-0.25, -0.2) is 0 Å². The maximum absolute atomic E-state index is 6.32. The Morgan fingerprint density at radius 1 is 0.906 bits per heavy atom. The molecule has 0 unspecified atom stereocenters. The smallest absolute Gasteiger partial charge is 0.166 e. The molecule has 4 heteroatoms. The highest BCUT2D eigenvalue weighted by Gasteiger charge is 2.39. The van der Waals surface area contributed by atoms with E-state index in [-0.39, 0.29) is 11.1 Å². The van der Waals surface area contributed by atoms with Crippen LogP contribution in [-0.2, 0) is 12.8 Å². The second kappa shape index (κ2) is 7.70. The lowest BCUT2D eigenvalue weighted by molar-refractivity contribution is 0.134. The minimum absolute atomic E-state index is 0.173. The van der Waals surface area contributed by atoms with Crippen molar-refractivity contribution in [2.45, 2.75) is 61.5 Å². The van der Waals surface area contributed by atoms with Crippen LogP contribution >= 0.6 is 11.8 Å². The summed E-state index contributed by atoms with van der Waals surface area (Å²) >= 11 is 1.78. The highest BCUT2D eigenvalue weighted by molar-refractivity contribution is 7.99. The molecule has 0 N–H and O–H groups in total. The molecular formula is C28H29NO2S. The van der Waals surface area contributed by atoms with E-state index in [0.717, 1.165) is 35.6 Å². The Morgan fingerprint density at radius 3 is 2.28 bits per heavy atom. The third kappa shape index (κ3) is 3.93. The predicted molar refractivity (Wildman–Crippen MR) is 132 cm³/mol. The number of hydrogen-bond donors (Lipinski definition) is 0. The molecule has 164 valence electrons.